The number of hydrogen-bond acceptors (Lipinski definition) is 3. The molecule has 72 valence electrons. The van der Waals surface area contributed by atoms with Gasteiger partial charge in [-0.15, -0.1) is 0 Å². The molecule has 2 aromatic rings. The first-order valence-corrected chi connectivity index (χ1v) is 4.23. The first-order chi connectivity index (χ1) is 6.58. The number of nitro groups is 1. The second kappa shape index (κ2) is 2.83. The molecule has 1 aromatic heterocycles. The number of rotatable bonds is 1. The molecule has 1 heterocycles. The van der Waals surface area contributed by atoms with E-state index in [4.69, 9.17) is 4.42 Å². The van der Waals surface area contributed by atoms with Crippen LogP contribution >= 0.6 is 0 Å². The standard InChI is InChI=1S/C10H9NO3/c1-6-3-8-5-7(2)14-10(8)9(4-6)11(12)13/h3-5H,1-2H3. The van der Waals surface area contributed by atoms with Crippen molar-refractivity contribution in [3.8, 4) is 0 Å². The molecule has 0 atom stereocenters. The highest BCUT2D eigenvalue weighted by Gasteiger charge is 2.16. The van der Waals surface area contributed by atoms with E-state index >= 15 is 0 Å². The van der Waals surface area contributed by atoms with Crippen LogP contribution in [0.5, 0.6) is 0 Å². The van der Waals surface area contributed by atoms with Gasteiger partial charge in [-0.25, -0.2) is 0 Å². The molecule has 4 nitrogen and oxygen atoms in total. The van der Waals surface area contributed by atoms with Crippen molar-refractivity contribution >= 4 is 16.7 Å². The van der Waals surface area contributed by atoms with Crippen molar-refractivity contribution in [2.24, 2.45) is 0 Å². The Balaban J connectivity index is 2.85. The van der Waals surface area contributed by atoms with Crippen molar-refractivity contribution in [3.63, 3.8) is 0 Å². The highest BCUT2D eigenvalue weighted by atomic mass is 16.6. The van der Waals surface area contributed by atoms with E-state index in [-0.39, 0.29) is 5.69 Å². The second-order valence-corrected chi connectivity index (χ2v) is 3.32. The van der Waals surface area contributed by atoms with Crippen molar-refractivity contribution in [1.29, 1.82) is 0 Å². The van der Waals surface area contributed by atoms with E-state index in [0.717, 1.165) is 10.9 Å². The number of benzene rings is 1. The predicted octanol–water partition coefficient (Wildman–Crippen LogP) is 2.96. The summed E-state index contributed by atoms with van der Waals surface area (Å²) in [5.41, 5.74) is 1.26. The van der Waals surface area contributed by atoms with Gasteiger partial charge in [-0.2, -0.15) is 0 Å². The van der Waals surface area contributed by atoms with Gasteiger partial charge < -0.3 is 4.42 Å². The molecular weight excluding hydrogens is 182 g/mol. The third kappa shape index (κ3) is 1.25. The third-order valence-electron chi connectivity index (χ3n) is 2.06. The molecule has 0 N–H and O–H groups in total. The summed E-state index contributed by atoms with van der Waals surface area (Å²) in [6.07, 6.45) is 0. The van der Waals surface area contributed by atoms with E-state index in [2.05, 4.69) is 0 Å². The van der Waals surface area contributed by atoms with E-state index in [1.54, 1.807) is 13.0 Å². The van der Waals surface area contributed by atoms with Crippen molar-refractivity contribution in [2.75, 3.05) is 0 Å². The Kier molecular flexibility index (Phi) is 1.77. The molecule has 4 heteroatoms. The van der Waals surface area contributed by atoms with Gasteiger partial charge >= 0.3 is 5.69 Å². The third-order valence-corrected chi connectivity index (χ3v) is 2.06. The maximum absolute atomic E-state index is 10.7. The molecule has 0 bridgehead atoms. The van der Waals surface area contributed by atoms with Gasteiger partial charge in [0.25, 0.3) is 0 Å². The number of nitro benzene ring substituents is 1. The molecular formula is C10H9NO3. The van der Waals surface area contributed by atoms with Gasteiger partial charge in [0.05, 0.1) is 4.92 Å². The van der Waals surface area contributed by atoms with Gasteiger partial charge in [-0.1, -0.05) is 0 Å². The van der Waals surface area contributed by atoms with Crippen LogP contribution in [0.1, 0.15) is 11.3 Å². The molecule has 14 heavy (non-hydrogen) atoms. The van der Waals surface area contributed by atoms with Crippen molar-refractivity contribution < 1.29 is 9.34 Å². The van der Waals surface area contributed by atoms with E-state index in [1.807, 2.05) is 13.0 Å². The highest BCUT2D eigenvalue weighted by molar-refractivity contribution is 5.87. The second-order valence-electron chi connectivity index (χ2n) is 3.32. The summed E-state index contributed by atoms with van der Waals surface area (Å²) in [6.45, 7) is 3.60. The summed E-state index contributed by atoms with van der Waals surface area (Å²) >= 11 is 0. The van der Waals surface area contributed by atoms with Gasteiger partial charge in [-0.05, 0) is 31.5 Å². The average Bonchev–Trinajstić information content (AvgIpc) is 2.42. The van der Waals surface area contributed by atoms with Crippen LogP contribution in [0.2, 0.25) is 0 Å². The maximum atomic E-state index is 10.7. The molecule has 0 fully saturated rings. The van der Waals surface area contributed by atoms with Crippen molar-refractivity contribution in [3.05, 3.63) is 39.6 Å². The number of hydrogen-bond donors (Lipinski definition) is 0. The van der Waals surface area contributed by atoms with Crippen LogP contribution in [0.4, 0.5) is 5.69 Å². The molecule has 0 spiro atoms. The lowest BCUT2D eigenvalue weighted by Crippen LogP contribution is -1.88. The maximum Gasteiger partial charge on any atom is 0.312 e. The summed E-state index contributed by atoms with van der Waals surface area (Å²) in [5, 5.41) is 11.5. The number of furan rings is 1. The first-order valence-electron chi connectivity index (χ1n) is 4.23. The van der Waals surface area contributed by atoms with E-state index in [1.165, 1.54) is 6.07 Å². The van der Waals surface area contributed by atoms with E-state index in [0.29, 0.717) is 11.3 Å². The van der Waals surface area contributed by atoms with Crippen molar-refractivity contribution in [2.45, 2.75) is 13.8 Å². The topological polar surface area (TPSA) is 56.3 Å². The summed E-state index contributed by atoms with van der Waals surface area (Å²) in [4.78, 5) is 10.3. The van der Waals surface area contributed by atoms with Gasteiger partial charge in [-0.3, -0.25) is 10.1 Å². The Morgan fingerprint density at radius 3 is 2.64 bits per heavy atom. The highest BCUT2D eigenvalue weighted by Crippen LogP contribution is 2.29. The first kappa shape index (κ1) is 8.74. The smallest absolute Gasteiger partial charge is 0.312 e. The lowest BCUT2D eigenvalue weighted by molar-refractivity contribution is -0.383. The van der Waals surface area contributed by atoms with Crippen molar-refractivity contribution in [1.82, 2.24) is 0 Å². The molecule has 0 saturated heterocycles. The fourth-order valence-corrected chi connectivity index (χ4v) is 1.55. The molecule has 0 unspecified atom stereocenters. The molecule has 0 aliphatic carbocycles. The fraction of sp³-hybridized carbons (Fsp3) is 0.200. The number of aryl methyl sites for hydroxylation is 2. The summed E-state index contributed by atoms with van der Waals surface area (Å²) in [6, 6.07) is 5.19. The monoisotopic (exact) mass is 191 g/mol. The van der Waals surface area contributed by atoms with Crippen LogP contribution in [0.25, 0.3) is 11.0 Å². The Hall–Kier alpha value is -1.84. The number of fused-ring (bicyclic) bond motifs is 1. The lowest BCUT2D eigenvalue weighted by atomic mass is 10.1. The van der Waals surface area contributed by atoms with Crippen LogP contribution in [0.15, 0.2) is 22.6 Å². The molecule has 0 aliphatic heterocycles. The summed E-state index contributed by atoms with van der Waals surface area (Å²) < 4.78 is 5.27. The van der Waals surface area contributed by atoms with Gasteiger partial charge in [0.1, 0.15) is 5.76 Å². The molecule has 0 saturated carbocycles. The van der Waals surface area contributed by atoms with E-state index in [9.17, 15) is 10.1 Å². The van der Waals surface area contributed by atoms with Crippen LogP contribution in [-0.2, 0) is 0 Å². The molecule has 2 rings (SSSR count). The fourth-order valence-electron chi connectivity index (χ4n) is 1.55. The van der Waals surface area contributed by atoms with E-state index < -0.39 is 4.92 Å². The Morgan fingerprint density at radius 2 is 2.00 bits per heavy atom. The Morgan fingerprint density at radius 1 is 1.29 bits per heavy atom. The van der Waals surface area contributed by atoms with Crippen LogP contribution in [-0.4, -0.2) is 4.92 Å². The molecule has 0 aliphatic rings. The molecule has 1 aromatic carbocycles. The largest absolute Gasteiger partial charge is 0.454 e. The minimum absolute atomic E-state index is 0.0353. The Bertz CT molecular complexity index is 513. The van der Waals surface area contributed by atoms with Gasteiger partial charge in [0, 0.05) is 11.5 Å². The summed E-state index contributed by atoms with van der Waals surface area (Å²) in [7, 11) is 0. The number of nitrogens with zero attached hydrogens (tertiary/aromatic N) is 1. The Labute approximate surface area is 80.3 Å². The quantitative estimate of drug-likeness (QED) is 0.514. The SMILES string of the molecule is Cc1cc([N+](=O)[O-])c2oc(C)cc2c1. The zero-order valence-electron chi connectivity index (χ0n) is 7.90. The molecule has 0 radical (unpaired) electrons. The zero-order chi connectivity index (χ0) is 10.3. The average molecular weight is 191 g/mol. The summed E-state index contributed by atoms with van der Waals surface area (Å²) in [5.74, 6) is 0.689. The van der Waals surface area contributed by atoms with Crippen LogP contribution < -0.4 is 0 Å². The predicted molar refractivity (Wildman–Crippen MR) is 52.3 cm³/mol. The lowest BCUT2D eigenvalue weighted by Gasteiger charge is -1.94. The van der Waals surface area contributed by atoms with Gasteiger partial charge in [0.2, 0.25) is 5.58 Å². The molecule has 0 amide bonds. The minimum atomic E-state index is -0.418. The normalized spacial score (nSPS) is 10.7. The zero-order valence-corrected chi connectivity index (χ0v) is 7.90. The van der Waals surface area contributed by atoms with Crippen LogP contribution in [0.3, 0.4) is 0 Å². The van der Waals surface area contributed by atoms with Gasteiger partial charge in [0.15, 0.2) is 0 Å². The van der Waals surface area contributed by atoms with Crippen LogP contribution in [0, 0.1) is 24.0 Å². The minimum Gasteiger partial charge on any atom is -0.454 e. The number of non-ortho nitro benzene ring substituents is 1.